The molecule has 1 aromatic carbocycles. The van der Waals surface area contributed by atoms with Gasteiger partial charge < -0.3 is 10.4 Å². The fourth-order valence-corrected chi connectivity index (χ4v) is 1.35. The van der Waals surface area contributed by atoms with Crippen molar-refractivity contribution in [1.29, 1.82) is 5.26 Å². The van der Waals surface area contributed by atoms with E-state index in [2.05, 4.69) is 5.32 Å². The van der Waals surface area contributed by atoms with E-state index >= 15 is 0 Å². The van der Waals surface area contributed by atoms with Gasteiger partial charge >= 0.3 is 5.97 Å². The van der Waals surface area contributed by atoms with Gasteiger partial charge in [0, 0.05) is 12.1 Å². The molecule has 5 nitrogen and oxygen atoms in total. The van der Waals surface area contributed by atoms with Crippen molar-refractivity contribution in [3.8, 4) is 6.07 Å². The smallest absolute Gasteiger partial charge is 0.303 e. The van der Waals surface area contributed by atoms with Crippen LogP contribution >= 0.6 is 11.6 Å². The molecule has 0 radical (unpaired) electrons. The van der Waals surface area contributed by atoms with E-state index in [-0.39, 0.29) is 17.9 Å². The number of hydrogen-bond donors (Lipinski definition) is 2. The van der Waals surface area contributed by atoms with Crippen molar-refractivity contribution in [1.82, 2.24) is 0 Å². The van der Waals surface area contributed by atoms with Gasteiger partial charge in [-0.15, -0.1) is 0 Å². The fraction of sp³-hybridized carbons (Fsp3) is 0.182. The van der Waals surface area contributed by atoms with Crippen LogP contribution in [0.25, 0.3) is 0 Å². The zero-order chi connectivity index (χ0) is 12.8. The Kier molecular flexibility index (Phi) is 4.49. The summed E-state index contributed by atoms with van der Waals surface area (Å²) >= 11 is 5.77. The number of nitriles is 1. The molecule has 1 rings (SSSR count). The number of carbonyl (C=O) groups is 2. The van der Waals surface area contributed by atoms with E-state index in [0.717, 1.165) is 0 Å². The van der Waals surface area contributed by atoms with Crippen molar-refractivity contribution in [3.63, 3.8) is 0 Å². The van der Waals surface area contributed by atoms with E-state index in [9.17, 15) is 9.59 Å². The van der Waals surface area contributed by atoms with Crippen molar-refractivity contribution in [2.75, 3.05) is 5.32 Å². The maximum Gasteiger partial charge on any atom is 0.303 e. The molecule has 17 heavy (non-hydrogen) atoms. The van der Waals surface area contributed by atoms with E-state index in [1.165, 1.54) is 18.2 Å². The van der Waals surface area contributed by atoms with Crippen molar-refractivity contribution >= 4 is 29.2 Å². The second kappa shape index (κ2) is 5.87. The summed E-state index contributed by atoms with van der Waals surface area (Å²) in [7, 11) is 0. The van der Waals surface area contributed by atoms with Gasteiger partial charge in [0.1, 0.15) is 6.07 Å². The topological polar surface area (TPSA) is 90.2 Å². The van der Waals surface area contributed by atoms with E-state index in [0.29, 0.717) is 11.3 Å². The lowest BCUT2D eigenvalue weighted by Crippen LogP contribution is -2.13. The first-order valence-corrected chi connectivity index (χ1v) is 5.12. The SMILES string of the molecule is N#Cc1ccc(NC(=O)CCC(=O)O)cc1Cl. The van der Waals surface area contributed by atoms with Crippen LogP contribution in [0.15, 0.2) is 18.2 Å². The average Bonchev–Trinajstić information content (AvgIpc) is 2.26. The maximum absolute atomic E-state index is 11.3. The van der Waals surface area contributed by atoms with Crippen LogP contribution in [0.3, 0.4) is 0 Å². The molecule has 1 amide bonds. The first-order valence-electron chi connectivity index (χ1n) is 4.74. The number of rotatable bonds is 4. The first-order chi connectivity index (χ1) is 8.02. The maximum atomic E-state index is 11.3. The summed E-state index contributed by atoms with van der Waals surface area (Å²) in [5, 5.41) is 19.8. The quantitative estimate of drug-likeness (QED) is 0.858. The Hall–Kier alpha value is -2.06. The summed E-state index contributed by atoms with van der Waals surface area (Å²) in [5.74, 6) is -1.44. The van der Waals surface area contributed by atoms with Gasteiger partial charge in [0.15, 0.2) is 0 Å². The van der Waals surface area contributed by atoms with Crippen LogP contribution in [0.2, 0.25) is 5.02 Å². The number of carbonyl (C=O) groups excluding carboxylic acids is 1. The number of nitrogens with zero attached hydrogens (tertiary/aromatic N) is 1. The number of benzene rings is 1. The Morgan fingerprint density at radius 1 is 1.41 bits per heavy atom. The zero-order valence-corrected chi connectivity index (χ0v) is 9.49. The monoisotopic (exact) mass is 252 g/mol. The summed E-state index contributed by atoms with van der Waals surface area (Å²) in [6.07, 6.45) is -0.331. The van der Waals surface area contributed by atoms with Gasteiger partial charge in [0.05, 0.1) is 17.0 Å². The number of aliphatic carboxylic acids is 1. The lowest BCUT2D eigenvalue weighted by molar-refractivity contribution is -0.138. The van der Waals surface area contributed by atoms with Crippen LogP contribution in [0, 0.1) is 11.3 Å². The van der Waals surface area contributed by atoms with Gasteiger partial charge in [0.2, 0.25) is 5.91 Å². The molecule has 0 saturated heterocycles. The van der Waals surface area contributed by atoms with Crippen LogP contribution in [0.1, 0.15) is 18.4 Å². The highest BCUT2D eigenvalue weighted by Gasteiger charge is 2.07. The summed E-state index contributed by atoms with van der Waals surface area (Å²) in [4.78, 5) is 21.6. The zero-order valence-electron chi connectivity index (χ0n) is 8.74. The van der Waals surface area contributed by atoms with Gasteiger partial charge in [-0.2, -0.15) is 5.26 Å². The van der Waals surface area contributed by atoms with Gasteiger partial charge in [-0.25, -0.2) is 0 Å². The number of anilines is 1. The van der Waals surface area contributed by atoms with Crippen LogP contribution in [-0.2, 0) is 9.59 Å². The van der Waals surface area contributed by atoms with Crippen LogP contribution < -0.4 is 5.32 Å². The molecule has 0 spiro atoms. The summed E-state index contributed by atoms with van der Waals surface area (Å²) < 4.78 is 0. The number of nitrogens with one attached hydrogen (secondary N) is 1. The third-order valence-electron chi connectivity index (χ3n) is 1.94. The molecule has 0 atom stereocenters. The number of hydrogen-bond acceptors (Lipinski definition) is 3. The van der Waals surface area contributed by atoms with Crippen molar-refractivity contribution in [3.05, 3.63) is 28.8 Å². The number of carboxylic acids is 1. The molecular weight excluding hydrogens is 244 g/mol. The normalized spacial score (nSPS) is 9.41. The third kappa shape index (κ3) is 4.13. The van der Waals surface area contributed by atoms with Crippen molar-refractivity contribution in [2.24, 2.45) is 0 Å². The van der Waals surface area contributed by atoms with Gasteiger partial charge in [0.25, 0.3) is 0 Å². The largest absolute Gasteiger partial charge is 0.481 e. The minimum absolute atomic E-state index is 0.104. The Labute approximate surface area is 103 Å². The van der Waals surface area contributed by atoms with E-state index in [4.69, 9.17) is 22.0 Å². The summed E-state index contributed by atoms with van der Waals surface area (Å²) in [6.45, 7) is 0. The molecule has 0 heterocycles. The van der Waals surface area contributed by atoms with Crippen LogP contribution in [0.5, 0.6) is 0 Å². The Morgan fingerprint density at radius 3 is 2.65 bits per heavy atom. The minimum atomic E-state index is -1.03. The van der Waals surface area contributed by atoms with Crippen molar-refractivity contribution in [2.45, 2.75) is 12.8 Å². The summed E-state index contributed by atoms with van der Waals surface area (Å²) in [6, 6.07) is 6.35. The lowest BCUT2D eigenvalue weighted by atomic mass is 10.2. The highest BCUT2D eigenvalue weighted by molar-refractivity contribution is 6.32. The lowest BCUT2D eigenvalue weighted by Gasteiger charge is -2.05. The number of amides is 1. The van der Waals surface area contributed by atoms with E-state index in [1.54, 1.807) is 0 Å². The second-order valence-corrected chi connectivity index (χ2v) is 3.66. The second-order valence-electron chi connectivity index (χ2n) is 3.25. The molecule has 0 fully saturated rings. The molecule has 6 heteroatoms. The Balaban J connectivity index is 2.64. The third-order valence-corrected chi connectivity index (χ3v) is 2.25. The van der Waals surface area contributed by atoms with Crippen molar-refractivity contribution < 1.29 is 14.7 Å². The molecule has 0 aliphatic rings. The molecule has 1 aromatic rings. The molecule has 0 unspecified atom stereocenters. The number of halogens is 1. The highest BCUT2D eigenvalue weighted by Crippen LogP contribution is 2.20. The van der Waals surface area contributed by atoms with E-state index in [1.807, 2.05) is 6.07 Å². The molecule has 2 N–H and O–H groups in total. The highest BCUT2D eigenvalue weighted by atomic mass is 35.5. The fourth-order valence-electron chi connectivity index (χ4n) is 1.13. The Bertz CT molecular complexity index is 494. The van der Waals surface area contributed by atoms with Crippen LogP contribution in [0.4, 0.5) is 5.69 Å². The standard InChI is InChI=1S/C11H9ClN2O3/c12-9-5-8(2-1-7(9)6-13)14-10(15)3-4-11(16)17/h1-2,5H,3-4H2,(H,14,15)(H,16,17). The molecule has 0 aliphatic heterocycles. The van der Waals surface area contributed by atoms with E-state index < -0.39 is 11.9 Å². The molecule has 0 bridgehead atoms. The number of carboxylic acid groups (broad SMARTS) is 1. The summed E-state index contributed by atoms with van der Waals surface area (Å²) in [5.41, 5.74) is 0.750. The average molecular weight is 253 g/mol. The predicted octanol–water partition coefficient (Wildman–Crippen LogP) is 2.01. The molecule has 0 saturated carbocycles. The Morgan fingerprint density at radius 2 is 2.12 bits per heavy atom. The van der Waals surface area contributed by atoms with Gasteiger partial charge in [-0.3, -0.25) is 9.59 Å². The minimum Gasteiger partial charge on any atom is -0.481 e. The molecule has 88 valence electrons. The van der Waals surface area contributed by atoms with Gasteiger partial charge in [-0.05, 0) is 18.2 Å². The molecule has 0 aliphatic carbocycles. The predicted molar refractivity (Wildman–Crippen MR) is 61.7 cm³/mol. The molecule has 0 aromatic heterocycles. The molecular formula is C11H9ClN2O3. The van der Waals surface area contributed by atoms with Crippen LogP contribution in [-0.4, -0.2) is 17.0 Å². The first kappa shape index (κ1) is 13.0. The van der Waals surface area contributed by atoms with Gasteiger partial charge in [-0.1, -0.05) is 11.6 Å².